The molecular weight excluding hydrogens is 176 g/mol. The highest BCUT2D eigenvalue weighted by molar-refractivity contribution is 4.93. The van der Waals surface area contributed by atoms with Crippen LogP contribution in [0, 0.1) is 5.41 Å². The molecule has 0 bridgehead atoms. The number of hydrogen-bond donors (Lipinski definition) is 1. The highest BCUT2D eigenvalue weighted by Crippen LogP contribution is 2.39. The van der Waals surface area contributed by atoms with E-state index in [0.29, 0.717) is 6.04 Å². The Hall–Kier alpha value is -0.900. The SMILES string of the molecule is CC1(C)CCCC(n2cncn2)C1N. The zero-order chi connectivity index (χ0) is 10.2. The Morgan fingerprint density at radius 3 is 2.93 bits per heavy atom. The highest BCUT2D eigenvalue weighted by Gasteiger charge is 2.37. The summed E-state index contributed by atoms with van der Waals surface area (Å²) in [5.41, 5.74) is 6.48. The van der Waals surface area contributed by atoms with Crippen LogP contribution in [0.15, 0.2) is 12.7 Å². The molecule has 0 spiro atoms. The van der Waals surface area contributed by atoms with Crippen molar-refractivity contribution in [3.05, 3.63) is 12.7 Å². The van der Waals surface area contributed by atoms with Crippen LogP contribution < -0.4 is 5.73 Å². The Morgan fingerprint density at radius 2 is 2.29 bits per heavy atom. The number of nitrogens with zero attached hydrogens (tertiary/aromatic N) is 3. The molecule has 4 nitrogen and oxygen atoms in total. The summed E-state index contributed by atoms with van der Waals surface area (Å²) >= 11 is 0. The van der Waals surface area contributed by atoms with Crippen LogP contribution in [0.2, 0.25) is 0 Å². The van der Waals surface area contributed by atoms with Crippen LogP contribution in [-0.4, -0.2) is 20.8 Å². The van der Waals surface area contributed by atoms with Crippen LogP contribution in [-0.2, 0) is 0 Å². The van der Waals surface area contributed by atoms with Crippen LogP contribution in [0.3, 0.4) is 0 Å². The van der Waals surface area contributed by atoms with Crippen molar-refractivity contribution in [2.75, 3.05) is 0 Å². The Morgan fingerprint density at radius 1 is 1.50 bits per heavy atom. The van der Waals surface area contributed by atoms with Crippen molar-refractivity contribution in [3.63, 3.8) is 0 Å². The molecule has 1 fully saturated rings. The van der Waals surface area contributed by atoms with E-state index in [2.05, 4.69) is 23.9 Å². The largest absolute Gasteiger partial charge is 0.325 e. The summed E-state index contributed by atoms with van der Waals surface area (Å²) in [7, 11) is 0. The van der Waals surface area contributed by atoms with Gasteiger partial charge in [0.25, 0.3) is 0 Å². The lowest BCUT2D eigenvalue weighted by atomic mass is 9.71. The molecule has 1 aromatic heterocycles. The normalized spacial score (nSPS) is 31.6. The molecule has 78 valence electrons. The lowest BCUT2D eigenvalue weighted by molar-refractivity contribution is 0.135. The van der Waals surface area contributed by atoms with Gasteiger partial charge in [-0.25, -0.2) is 9.67 Å². The predicted octanol–water partition coefficient (Wildman–Crippen LogP) is 1.36. The molecule has 0 amide bonds. The van der Waals surface area contributed by atoms with Gasteiger partial charge in [-0.1, -0.05) is 20.3 Å². The van der Waals surface area contributed by atoms with Gasteiger partial charge < -0.3 is 5.73 Å². The third kappa shape index (κ3) is 1.54. The first-order chi connectivity index (χ1) is 6.61. The zero-order valence-corrected chi connectivity index (χ0v) is 8.85. The predicted molar refractivity (Wildman–Crippen MR) is 54.7 cm³/mol. The Kier molecular flexibility index (Phi) is 2.31. The summed E-state index contributed by atoms with van der Waals surface area (Å²) in [5.74, 6) is 0. The molecule has 4 heteroatoms. The van der Waals surface area contributed by atoms with E-state index < -0.39 is 0 Å². The molecule has 2 unspecified atom stereocenters. The first-order valence-corrected chi connectivity index (χ1v) is 5.21. The van der Waals surface area contributed by atoms with Crippen LogP contribution in [0.25, 0.3) is 0 Å². The van der Waals surface area contributed by atoms with Gasteiger partial charge in [-0.2, -0.15) is 5.10 Å². The van der Waals surface area contributed by atoms with Gasteiger partial charge >= 0.3 is 0 Å². The Labute approximate surface area is 84.5 Å². The van der Waals surface area contributed by atoms with E-state index in [1.165, 1.54) is 12.8 Å². The molecule has 1 aliphatic rings. The molecule has 0 aliphatic heterocycles. The van der Waals surface area contributed by atoms with Gasteiger partial charge in [-0.15, -0.1) is 0 Å². The quantitative estimate of drug-likeness (QED) is 0.734. The molecule has 0 aromatic carbocycles. The van der Waals surface area contributed by atoms with Crippen molar-refractivity contribution in [2.24, 2.45) is 11.1 Å². The summed E-state index contributed by atoms with van der Waals surface area (Å²) in [6, 6.07) is 0.499. The van der Waals surface area contributed by atoms with E-state index in [1.807, 2.05) is 4.68 Å². The average Bonchev–Trinajstić information content (AvgIpc) is 2.62. The van der Waals surface area contributed by atoms with E-state index in [1.54, 1.807) is 12.7 Å². The second kappa shape index (κ2) is 3.35. The van der Waals surface area contributed by atoms with E-state index in [9.17, 15) is 0 Å². The van der Waals surface area contributed by atoms with Gasteiger partial charge in [0, 0.05) is 6.04 Å². The van der Waals surface area contributed by atoms with E-state index in [0.717, 1.165) is 6.42 Å². The second-order valence-electron chi connectivity index (χ2n) is 4.85. The van der Waals surface area contributed by atoms with E-state index in [-0.39, 0.29) is 11.5 Å². The van der Waals surface area contributed by atoms with Crippen LogP contribution in [0.1, 0.15) is 39.2 Å². The molecule has 1 aromatic rings. The first-order valence-electron chi connectivity index (χ1n) is 5.21. The van der Waals surface area contributed by atoms with Gasteiger partial charge in [-0.3, -0.25) is 0 Å². The standard InChI is InChI=1S/C10H18N4/c1-10(2)5-3-4-8(9(10)11)14-7-12-6-13-14/h6-9H,3-5,11H2,1-2H3. The van der Waals surface area contributed by atoms with Crippen LogP contribution in [0.4, 0.5) is 0 Å². The van der Waals surface area contributed by atoms with E-state index >= 15 is 0 Å². The number of rotatable bonds is 1. The lowest BCUT2D eigenvalue weighted by Gasteiger charge is -2.41. The molecule has 2 atom stereocenters. The van der Waals surface area contributed by atoms with Gasteiger partial charge in [-0.05, 0) is 18.3 Å². The van der Waals surface area contributed by atoms with Crippen molar-refractivity contribution in [1.29, 1.82) is 0 Å². The molecular formula is C10H18N4. The Bertz CT molecular complexity index is 291. The first kappa shape index (κ1) is 9.65. The molecule has 0 radical (unpaired) electrons. The summed E-state index contributed by atoms with van der Waals surface area (Å²) < 4.78 is 1.91. The fraction of sp³-hybridized carbons (Fsp3) is 0.800. The van der Waals surface area contributed by atoms with Crippen molar-refractivity contribution >= 4 is 0 Å². The maximum Gasteiger partial charge on any atom is 0.137 e. The minimum atomic E-state index is 0.179. The maximum absolute atomic E-state index is 6.26. The summed E-state index contributed by atoms with van der Waals surface area (Å²) in [5, 5.41) is 4.18. The third-order valence-electron chi connectivity index (χ3n) is 3.41. The van der Waals surface area contributed by atoms with E-state index in [4.69, 9.17) is 5.73 Å². The van der Waals surface area contributed by atoms with Crippen LogP contribution >= 0.6 is 0 Å². The zero-order valence-electron chi connectivity index (χ0n) is 8.85. The summed E-state index contributed by atoms with van der Waals surface area (Å²) in [4.78, 5) is 3.98. The van der Waals surface area contributed by atoms with Crippen molar-refractivity contribution in [1.82, 2.24) is 14.8 Å². The fourth-order valence-electron chi connectivity index (χ4n) is 2.32. The third-order valence-corrected chi connectivity index (χ3v) is 3.41. The fourth-order valence-corrected chi connectivity index (χ4v) is 2.32. The molecule has 2 N–H and O–H groups in total. The van der Waals surface area contributed by atoms with Gasteiger partial charge in [0.05, 0.1) is 6.04 Å². The molecule has 2 rings (SSSR count). The lowest BCUT2D eigenvalue weighted by Crippen LogP contribution is -2.47. The average molecular weight is 194 g/mol. The number of hydrogen-bond acceptors (Lipinski definition) is 3. The molecule has 1 heterocycles. The van der Waals surface area contributed by atoms with Crippen LogP contribution in [0.5, 0.6) is 0 Å². The molecule has 14 heavy (non-hydrogen) atoms. The monoisotopic (exact) mass is 194 g/mol. The highest BCUT2D eigenvalue weighted by atomic mass is 15.3. The maximum atomic E-state index is 6.26. The van der Waals surface area contributed by atoms with Crippen molar-refractivity contribution < 1.29 is 0 Å². The van der Waals surface area contributed by atoms with Crippen molar-refractivity contribution in [2.45, 2.75) is 45.2 Å². The topological polar surface area (TPSA) is 56.7 Å². The van der Waals surface area contributed by atoms with Gasteiger partial charge in [0.1, 0.15) is 12.7 Å². The second-order valence-corrected chi connectivity index (χ2v) is 4.85. The summed E-state index contributed by atoms with van der Waals surface area (Å²) in [6.45, 7) is 4.47. The summed E-state index contributed by atoms with van der Waals surface area (Å²) in [6.07, 6.45) is 6.90. The smallest absolute Gasteiger partial charge is 0.137 e. The minimum absolute atomic E-state index is 0.179. The molecule has 0 saturated heterocycles. The Balaban J connectivity index is 2.20. The number of nitrogens with two attached hydrogens (primary N) is 1. The minimum Gasteiger partial charge on any atom is -0.325 e. The molecule has 1 aliphatic carbocycles. The van der Waals surface area contributed by atoms with Crippen molar-refractivity contribution in [3.8, 4) is 0 Å². The van der Waals surface area contributed by atoms with Gasteiger partial charge in [0.15, 0.2) is 0 Å². The molecule has 1 saturated carbocycles. The van der Waals surface area contributed by atoms with Gasteiger partial charge in [0.2, 0.25) is 0 Å². The number of aromatic nitrogens is 3.